The van der Waals surface area contributed by atoms with Crippen LogP contribution < -0.4 is 0 Å². The van der Waals surface area contributed by atoms with Gasteiger partial charge in [-0.25, -0.2) is 0 Å². The molecular weight excluding hydrogens is 136 g/mol. The molecule has 0 aromatic heterocycles. The number of hydrogen-bond donors (Lipinski definition) is 0. The van der Waals surface area contributed by atoms with Gasteiger partial charge >= 0.3 is 0 Å². The average Bonchev–Trinajstić information content (AvgIpc) is 1.97. The zero-order chi connectivity index (χ0) is 8.32. The van der Waals surface area contributed by atoms with Crippen LogP contribution in [0.4, 0.5) is 0 Å². The Kier molecular flexibility index (Phi) is 2.28. The second-order valence-electron chi connectivity index (χ2n) is 3.45. The molecule has 1 heteroatoms. The highest BCUT2D eigenvalue weighted by molar-refractivity contribution is 5.90. The lowest BCUT2D eigenvalue weighted by atomic mass is 9.78. The van der Waals surface area contributed by atoms with Crippen LogP contribution in [-0.2, 0) is 4.79 Å². The first-order valence-electron chi connectivity index (χ1n) is 3.99. The fourth-order valence-corrected chi connectivity index (χ4v) is 1.37. The molecule has 0 saturated carbocycles. The van der Waals surface area contributed by atoms with E-state index in [1.165, 1.54) is 0 Å². The molecule has 11 heavy (non-hydrogen) atoms. The van der Waals surface area contributed by atoms with Gasteiger partial charge in [0.25, 0.3) is 0 Å². The van der Waals surface area contributed by atoms with Gasteiger partial charge in [-0.3, -0.25) is 4.79 Å². The van der Waals surface area contributed by atoms with E-state index >= 15 is 0 Å². The molecule has 1 atom stereocenters. The smallest absolute Gasteiger partial charge is 0.155 e. The molecule has 0 N–H and O–H groups in total. The Hall–Kier alpha value is -0.850. The zero-order valence-corrected chi connectivity index (χ0v) is 6.97. The standard InChI is InChI=1S/C10H14O/c1-3-6-10(2)7-4-9(11)5-8-10/h3-4,7H,1,5-6,8H2,2H3. The van der Waals surface area contributed by atoms with Crippen molar-refractivity contribution >= 4 is 5.78 Å². The largest absolute Gasteiger partial charge is 0.295 e. The highest BCUT2D eigenvalue weighted by atomic mass is 16.1. The Bertz CT molecular complexity index is 203. The molecule has 1 rings (SSSR count). The molecule has 0 spiro atoms. The third-order valence-corrected chi connectivity index (χ3v) is 2.22. The van der Waals surface area contributed by atoms with Crippen molar-refractivity contribution in [1.82, 2.24) is 0 Å². The molecule has 0 aliphatic heterocycles. The lowest BCUT2D eigenvalue weighted by Gasteiger charge is -2.26. The van der Waals surface area contributed by atoms with Gasteiger partial charge in [0.2, 0.25) is 0 Å². The van der Waals surface area contributed by atoms with Gasteiger partial charge in [-0.1, -0.05) is 19.1 Å². The molecule has 0 fully saturated rings. The van der Waals surface area contributed by atoms with Crippen molar-refractivity contribution in [3.05, 3.63) is 24.8 Å². The summed E-state index contributed by atoms with van der Waals surface area (Å²) in [5, 5.41) is 0. The van der Waals surface area contributed by atoms with E-state index in [4.69, 9.17) is 0 Å². The van der Waals surface area contributed by atoms with Gasteiger partial charge in [0.1, 0.15) is 0 Å². The van der Waals surface area contributed by atoms with Crippen molar-refractivity contribution in [1.29, 1.82) is 0 Å². The normalized spacial score (nSPS) is 30.5. The maximum absolute atomic E-state index is 10.8. The summed E-state index contributed by atoms with van der Waals surface area (Å²) in [5.41, 5.74) is 0.190. The fourth-order valence-electron chi connectivity index (χ4n) is 1.37. The molecule has 0 radical (unpaired) electrons. The highest BCUT2D eigenvalue weighted by Gasteiger charge is 2.23. The van der Waals surface area contributed by atoms with E-state index in [1.807, 2.05) is 12.2 Å². The predicted octanol–water partition coefficient (Wildman–Crippen LogP) is 2.49. The Morgan fingerprint density at radius 3 is 3.00 bits per heavy atom. The molecule has 0 aromatic carbocycles. The van der Waals surface area contributed by atoms with Crippen molar-refractivity contribution in [2.24, 2.45) is 5.41 Å². The molecule has 1 unspecified atom stereocenters. The van der Waals surface area contributed by atoms with Crippen molar-refractivity contribution in [2.45, 2.75) is 26.2 Å². The molecule has 1 aliphatic rings. The number of carbonyl (C=O) groups excluding carboxylic acids is 1. The summed E-state index contributed by atoms with van der Waals surface area (Å²) >= 11 is 0. The van der Waals surface area contributed by atoms with Gasteiger partial charge in [-0.2, -0.15) is 0 Å². The summed E-state index contributed by atoms with van der Waals surface area (Å²) in [6, 6.07) is 0. The van der Waals surface area contributed by atoms with Crippen LogP contribution in [0.1, 0.15) is 26.2 Å². The Labute approximate surface area is 67.8 Å². The molecule has 1 nitrogen and oxygen atoms in total. The molecule has 0 bridgehead atoms. The molecule has 0 saturated heterocycles. The Morgan fingerprint density at radius 2 is 2.55 bits per heavy atom. The van der Waals surface area contributed by atoms with Gasteiger partial charge in [-0.05, 0) is 24.3 Å². The minimum atomic E-state index is 0.190. The molecule has 0 amide bonds. The zero-order valence-electron chi connectivity index (χ0n) is 6.97. The summed E-state index contributed by atoms with van der Waals surface area (Å²) in [6.45, 7) is 5.86. The lowest BCUT2D eigenvalue weighted by Crippen LogP contribution is -2.18. The van der Waals surface area contributed by atoms with E-state index in [1.54, 1.807) is 6.08 Å². The topological polar surface area (TPSA) is 17.1 Å². The first-order chi connectivity index (χ1) is 5.16. The van der Waals surface area contributed by atoms with Gasteiger partial charge < -0.3 is 0 Å². The number of ketones is 1. The van der Waals surface area contributed by atoms with E-state index in [2.05, 4.69) is 13.5 Å². The Morgan fingerprint density at radius 1 is 1.82 bits per heavy atom. The predicted molar refractivity (Wildman–Crippen MR) is 46.3 cm³/mol. The van der Waals surface area contributed by atoms with Crippen LogP contribution >= 0.6 is 0 Å². The maximum atomic E-state index is 10.8. The maximum Gasteiger partial charge on any atom is 0.155 e. The number of carbonyl (C=O) groups is 1. The van der Waals surface area contributed by atoms with E-state index in [0.717, 1.165) is 12.8 Å². The summed E-state index contributed by atoms with van der Waals surface area (Å²) in [6.07, 6.45) is 8.26. The van der Waals surface area contributed by atoms with Crippen molar-refractivity contribution in [3.8, 4) is 0 Å². The Balaban J connectivity index is 2.66. The molecule has 0 aromatic rings. The second-order valence-corrected chi connectivity index (χ2v) is 3.45. The van der Waals surface area contributed by atoms with Crippen LogP contribution in [0.3, 0.4) is 0 Å². The van der Waals surface area contributed by atoms with Crippen molar-refractivity contribution in [3.63, 3.8) is 0 Å². The summed E-state index contributed by atoms with van der Waals surface area (Å²) in [4.78, 5) is 10.8. The second kappa shape index (κ2) is 3.04. The molecule has 1 aliphatic carbocycles. The summed E-state index contributed by atoms with van der Waals surface area (Å²) in [5.74, 6) is 0.256. The molecule has 0 heterocycles. The van der Waals surface area contributed by atoms with Crippen LogP contribution in [0.25, 0.3) is 0 Å². The fraction of sp³-hybridized carbons (Fsp3) is 0.500. The third-order valence-electron chi connectivity index (χ3n) is 2.22. The average molecular weight is 150 g/mol. The van der Waals surface area contributed by atoms with Crippen LogP contribution in [0.2, 0.25) is 0 Å². The van der Waals surface area contributed by atoms with Crippen LogP contribution in [0.5, 0.6) is 0 Å². The van der Waals surface area contributed by atoms with Crippen molar-refractivity contribution in [2.75, 3.05) is 0 Å². The van der Waals surface area contributed by atoms with Crippen LogP contribution in [0.15, 0.2) is 24.8 Å². The van der Waals surface area contributed by atoms with Crippen molar-refractivity contribution < 1.29 is 4.79 Å². The van der Waals surface area contributed by atoms with Crippen LogP contribution in [-0.4, -0.2) is 5.78 Å². The lowest BCUT2D eigenvalue weighted by molar-refractivity contribution is -0.115. The van der Waals surface area contributed by atoms with E-state index < -0.39 is 0 Å². The van der Waals surface area contributed by atoms with E-state index in [0.29, 0.717) is 6.42 Å². The SMILES string of the molecule is C=CCC1(C)C=CC(=O)CC1. The number of rotatable bonds is 2. The highest BCUT2D eigenvalue weighted by Crippen LogP contribution is 2.32. The minimum absolute atomic E-state index is 0.190. The summed E-state index contributed by atoms with van der Waals surface area (Å²) < 4.78 is 0. The summed E-state index contributed by atoms with van der Waals surface area (Å²) in [7, 11) is 0. The minimum Gasteiger partial charge on any atom is -0.295 e. The van der Waals surface area contributed by atoms with E-state index in [9.17, 15) is 4.79 Å². The molecular formula is C10H14O. The first kappa shape index (κ1) is 8.25. The number of allylic oxidation sites excluding steroid dienone is 3. The monoisotopic (exact) mass is 150 g/mol. The third kappa shape index (κ3) is 2.04. The van der Waals surface area contributed by atoms with E-state index in [-0.39, 0.29) is 11.2 Å². The first-order valence-corrected chi connectivity index (χ1v) is 3.99. The van der Waals surface area contributed by atoms with Gasteiger partial charge in [-0.15, -0.1) is 6.58 Å². The van der Waals surface area contributed by atoms with Gasteiger partial charge in [0.05, 0.1) is 0 Å². The van der Waals surface area contributed by atoms with Gasteiger partial charge in [0.15, 0.2) is 5.78 Å². The number of hydrogen-bond acceptors (Lipinski definition) is 1. The van der Waals surface area contributed by atoms with Gasteiger partial charge in [0, 0.05) is 6.42 Å². The quantitative estimate of drug-likeness (QED) is 0.553. The molecule has 60 valence electrons. The van der Waals surface area contributed by atoms with Crippen LogP contribution in [0, 0.1) is 5.41 Å².